The van der Waals surface area contributed by atoms with Gasteiger partial charge in [-0.1, -0.05) is 0 Å². The monoisotopic (exact) mass is 154 g/mol. The molecule has 0 fully saturated rings. The Kier molecular flexibility index (Phi) is 2.66. The van der Waals surface area contributed by atoms with Crippen LogP contribution in [0.1, 0.15) is 6.42 Å². The van der Waals surface area contributed by atoms with E-state index in [1.165, 1.54) is 7.11 Å². The van der Waals surface area contributed by atoms with Gasteiger partial charge in [0.15, 0.2) is 0 Å². The molecule has 4 heteroatoms. The molecule has 0 unspecified atom stereocenters. The first kappa shape index (κ1) is 7.78. The summed E-state index contributed by atoms with van der Waals surface area (Å²) in [7, 11) is 1.39. The van der Waals surface area contributed by atoms with E-state index in [9.17, 15) is 4.79 Å². The number of aromatic nitrogens is 2. The lowest BCUT2D eigenvalue weighted by Gasteiger charge is -1.99. The second-order valence-corrected chi connectivity index (χ2v) is 2.13. The lowest BCUT2D eigenvalue weighted by Crippen LogP contribution is -2.05. The molecule has 1 aromatic rings. The molecule has 11 heavy (non-hydrogen) atoms. The second-order valence-electron chi connectivity index (χ2n) is 2.13. The predicted molar refractivity (Wildman–Crippen MR) is 38.9 cm³/mol. The minimum Gasteiger partial charge on any atom is -0.469 e. The van der Waals surface area contributed by atoms with Gasteiger partial charge in [0.25, 0.3) is 0 Å². The summed E-state index contributed by atoms with van der Waals surface area (Å²) in [5, 5.41) is 0. The van der Waals surface area contributed by atoms with Crippen molar-refractivity contribution >= 4 is 5.97 Å². The Hall–Kier alpha value is -1.32. The van der Waals surface area contributed by atoms with Crippen LogP contribution in [0.25, 0.3) is 0 Å². The summed E-state index contributed by atoms with van der Waals surface area (Å²) >= 11 is 0. The number of hydrogen-bond donors (Lipinski definition) is 0. The molecular weight excluding hydrogens is 144 g/mol. The van der Waals surface area contributed by atoms with Gasteiger partial charge in [-0.2, -0.15) is 0 Å². The van der Waals surface area contributed by atoms with Crippen molar-refractivity contribution in [1.82, 2.24) is 9.55 Å². The molecule has 0 aliphatic heterocycles. The number of hydrogen-bond acceptors (Lipinski definition) is 3. The topological polar surface area (TPSA) is 44.1 Å². The fourth-order valence-electron chi connectivity index (χ4n) is 0.741. The van der Waals surface area contributed by atoms with Crippen molar-refractivity contribution in [2.75, 3.05) is 7.11 Å². The summed E-state index contributed by atoms with van der Waals surface area (Å²) in [6, 6.07) is 0. The summed E-state index contributed by atoms with van der Waals surface area (Å²) in [5.74, 6) is -0.196. The molecule has 0 N–H and O–H groups in total. The Labute approximate surface area is 64.8 Å². The number of carbonyl (C=O) groups excluding carboxylic acids is 1. The average molecular weight is 154 g/mol. The van der Waals surface area contributed by atoms with Gasteiger partial charge in [0.05, 0.1) is 19.9 Å². The second kappa shape index (κ2) is 3.75. The van der Waals surface area contributed by atoms with Crippen LogP contribution in [-0.2, 0) is 16.1 Å². The highest BCUT2D eigenvalue weighted by atomic mass is 16.5. The molecule has 0 saturated carbocycles. The molecule has 0 aromatic carbocycles. The van der Waals surface area contributed by atoms with Crippen LogP contribution in [0.15, 0.2) is 18.7 Å². The van der Waals surface area contributed by atoms with Gasteiger partial charge in [0.1, 0.15) is 0 Å². The normalized spacial score (nSPS) is 9.55. The molecule has 0 bridgehead atoms. The molecule has 0 spiro atoms. The van der Waals surface area contributed by atoms with Crippen molar-refractivity contribution in [3.8, 4) is 0 Å². The highest BCUT2D eigenvalue weighted by Crippen LogP contribution is 1.91. The van der Waals surface area contributed by atoms with Gasteiger partial charge in [-0.15, -0.1) is 0 Å². The van der Waals surface area contributed by atoms with Crippen LogP contribution in [-0.4, -0.2) is 22.6 Å². The van der Waals surface area contributed by atoms with Crippen LogP contribution in [0, 0.1) is 0 Å². The van der Waals surface area contributed by atoms with Crippen LogP contribution in [0.4, 0.5) is 0 Å². The van der Waals surface area contributed by atoms with Crippen molar-refractivity contribution < 1.29 is 9.53 Å². The zero-order valence-electron chi connectivity index (χ0n) is 6.36. The van der Waals surface area contributed by atoms with Crippen LogP contribution in [0.5, 0.6) is 0 Å². The first-order valence-corrected chi connectivity index (χ1v) is 3.35. The van der Waals surface area contributed by atoms with E-state index in [-0.39, 0.29) is 5.97 Å². The minimum atomic E-state index is -0.196. The van der Waals surface area contributed by atoms with E-state index in [0.717, 1.165) is 0 Å². The summed E-state index contributed by atoms with van der Waals surface area (Å²) < 4.78 is 6.31. The Morgan fingerprint density at radius 1 is 1.73 bits per heavy atom. The number of imidazole rings is 1. The average Bonchev–Trinajstić information content (AvgIpc) is 2.52. The number of ether oxygens (including phenoxy) is 1. The third-order valence-electron chi connectivity index (χ3n) is 1.36. The SMILES string of the molecule is COC(=O)CCn1ccnc1. The molecule has 0 saturated heterocycles. The van der Waals surface area contributed by atoms with Crippen molar-refractivity contribution in [3.63, 3.8) is 0 Å². The van der Waals surface area contributed by atoms with E-state index < -0.39 is 0 Å². The lowest BCUT2D eigenvalue weighted by atomic mass is 10.4. The summed E-state index contributed by atoms with van der Waals surface area (Å²) in [6.07, 6.45) is 5.55. The number of aryl methyl sites for hydroxylation is 1. The molecule has 0 atom stereocenters. The molecule has 60 valence electrons. The highest BCUT2D eigenvalue weighted by molar-refractivity contribution is 5.68. The van der Waals surface area contributed by atoms with Crippen molar-refractivity contribution in [2.24, 2.45) is 0 Å². The molecule has 1 aromatic heterocycles. The summed E-state index contributed by atoms with van der Waals surface area (Å²) in [6.45, 7) is 0.632. The Bertz CT molecular complexity index is 218. The quantitative estimate of drug-likeness (QED) is 0.593. The lowest BCUT2D eigenvalue weighted by molar-refractivity contribution is -0.140. The molecule has 0 aliphatic carbocycles. The van der Waals surface area contributed by atoms with Gasteiger partial charge in [-0.3, -0.25) is 4.79 Å². The maximum atomic E-state index is 10.7. The molecule has 0 aliphatic rings. The fraction of sp³-hybridized carbons (Fsp3) is 0.429. The maximum absolute atomic E-state index is 10.7. The van der Waals surface area contributed by atoms with Crippen LogP contribution >= 0.6 is 0 Å². The number of nitrogens with zero attached hydrogens (tertiary/aromatic N) is 2. The fourth-order valence-corrected chi connectivity index (χ4v) is 0.741. The van der Waals surface area contributed by atoms with Crippen LogP contribution < -0.4 is 0 Å². The van der Waals surface area contributed by atoms with Gasteiger partial charge in [-0.25, -0.2) is 4.98 Å². The Morgan fingerprint density at radius 2 is 2.55 bits per heavy atom. The maximum Gasteiger partial charge on any atom is 0.307 e. The van der Waals surface area contributed by atoms with Gasteiger partial charge < -0.3 is 9.30 Å². The predicted octanol–water partition coefficient (Wildman–Crippen LogP) is 0.446. The van der Waals surface area contributed by atoms with Gasteiger partial charge in [0, 0.05) is 18.9 Å². The first-order chi connectivity index (χ1) is 5.33. The van der Waals surface area contributed by atoms with Crippen molar-refractivity contribution in [2.45, 2.75) is 13.0 Å². The Morgan fingerprint density at radius 3 is 3.09 bits per heavy atom. The third-order valence-corrected chi connectivity index (χ3v) is 1.36. The van der Waals surface area contributed by atoms with Crippen molar-refractivity contribution in [3.05, 3.63) is 18.7 Å². The summed E-state index contributed by atoms with van der Waals surface area (Å²) in [4.78, 5) is 14.5. The molecule has 4 nitrogen and oxygen atoms in total. The van der Waals surface area contributed by atoms with E-state index >= 15 is 0 Å². The molecule has 0 radical (unpaired) electrons. The Balaban J connectivity index is 2.29. The largest absolute Gasteiger partial charge is 0.469 e. The molecular formula is C7H10N2O2. The number of methoxy groups -OCH3 is 1. The van der Waals surface area contributed by atoms with Crippen LogP contribution in [0.2, 0.25) is 0 Å². The molecule has 1 heterocycles. The van der Waals surface area contributed by atoms with E-state index in [1.54, 1.807) is 12.5 Å². The zero-order valence-corrected chi connectivity index (χ0v) is 6.36. The number of esters is 1. The first-order valence-electron chi connectivity index (χ1n) is 3.35. The van der Waals surface area contributed by atoms with Gasteiger partial charge >= 0.3 is 5.97 Å². The zero-order chi connectivity index (χ0) is 8.10. The third kappa shape index (κ3) is 2.41. The van der Waals surface area contributed by atoms with E-state index in [4.69, 9.17) is 0 Å². The minimum absolute atomic E-state index is 0.196. The van der Waals surface area contributed by atoms with E-state index in [1.807, 2.05) is 10.8 Å². The summed E-state index contributed by atoms with van der Waals surface area (Å²) in [5.41, 5.74) is 0. The highest BCUT2D eigenvalue weighted by Gasteiger charge is 1.98. The number of carbonyl (C=O) groups is 1. The number of rotatable bonds is 3. The molecule has 0 amide bonds. The van der Waals surface area contributed by atoms with Gasteiger partial charge in [0.2, 0.25) is 0 Å². The van der Waals surface area contributed by atoms with Crippen molar-refractivity contribution in [1.29, 1.82) is 0 Å². The standard InChI is InChI=1S/C7H10N2O2/c1-11-7(10)2-4-9-5-3-8-6-9/h3,5-6H,2,4H2,1H3. The smallest absolute Gasteiger partial charge is 0.307 e. The van der Waals surface area contributed by atoms with E-state index in [0.29, 0.717) is 13.0 Å². The van der Waals surface area contributed by atoms with Gasteiger partial charge in [-0.05, 0) is 0 Å². The van der Waals surface area contributed by atoms with E-state index in [2.05, 4.69) is 9.72 Å². The molecule has 1 rings (SSSR count). The van der Waals surface area contributed by atoms with Crippen LogP contribution in [0.3, 0.4) is 0 Å².